The Hall–Kier alpha value is -1.93. The molecular formula is C15H17N3O3S2. The topological polar surface area (TPSA) is 82.5 Å². The quantitative estimate of drug-likeness (QED) is 0.887. The van der Waals surface area contributed by atoms with E-state index in [-0.39, 0.29) is 19.0 Å². The van der Waals surface area contributed by atoms with E-state index in [9.17, 15) is 9.59 Å². The second kappa shape index (κ2) is 6.67. The second-order valence-corrected chi connectivity index (χ2v) is 7.56. The van der Waals surface area contributed by atoms with Crippen LogP contribution in [0.5, 0.6) is 0 Å². The standard InChI is InChI=1S/C15H17N3O3S2/c1-9-17-11(8-22-9)13-6-10-7-18(5-3-12(10)23-13)15(21)16-4-2-14(19)20/h6,8H,2-5,7H2,1H3,(H,16,21)(H,19,20). The first-order valence-corrected chi connectivity index (χ1v) is 9.01. The molecule has 0 aromatic carbocycles. The van der Waals surface area contributed by atoms with E-state index in [0.29, 0.717) is 13.1 Å². The Morgan fingerprint density at radius 1 is 1.48 bits per heavy atom. The number of urea groups is 1. The lowest BCUT2D eigenvalue weighted by molar-refractivity contribution is -0.136. The zero-order valence-electron chi connectivity index (χ0n) is 12.7. The third kappa shape index (κ3) is 3.70. The van der Waals surface area contributed by atoms with Crippen LogP contribution in [-0.2, 0) is 17.8 Å². The Bertz CT molecular complexity index is 738. The fourth-order valence-electron chi connectivity index (χ4n) is 2.50. The Morgan fingerprint density at radius 3 is 3.00 bits per heavy atom. The van der Waals surface area contributed by atoms with Crippen LogP contribution in [0.4, 0.5) is 4.79 Å². The van der Waals surface area contributed by atoms with Crippen molar-refractivity contribution in [3.05, 3.63) is 26.9 Å². The van der Waals surface area contributed by atoms with Crippen molar-refractivity contribution in [2.45, 2.75) is 26.3 Å². The molecule has 2 aromatic heterocycles. The molecule has 23 heavy (non-hydrogen) atoms. The molecule has 0 saturated carbocycles. The highest BCUT2D eigenvalue weighted by atomic mass is 32.1. The Kier molecular flexibility index (Phi) is 4.63. The number of thiazole rings is 1. The van der Waals surface area contributed by atoms with Gasteiger partial charge >= 0.3 is 12.0 Å². The monoisotopic (exact) mass is 351 g/mol. The molecule has 0 radical (unpaired) electrons. The lowest BCUT2D eigenvalue weighted by atomic mass is 10.1. The van der Waals surface area contributed by atoms with Gasteiger partial charge in [0.15, 0.2) is 0 Å². The highest BCUT2D eigenvalue weighted by Crippen LogP contribution is 2.35. The van der Waals surface area contributed by atoms with Gasteiger partial charge in [-0.25, -0.2) is 9.78 Å². The number of hydrogen-bond acceptors (Lipinski definition) is 5. The van der Waals surface area contributed by atoms with Crippen molar-refractivity contribution in [2.75, 3.05) is 13.1 Å². The molecule has 8 heteroatoms. The number of nitrogens with one attached hydrogen (secondary N) is 1. The lowest BCUT2D eigenvalue weighted by Gasteiger charge is -2.27. The molecule has 0 spiro atoms. The summed E-state index contributed by atoms with van der Waals surface area (Å²) in [6.07, 6.45) is 0.770. The number of carbonyl (C=O) groups excluding carboxylic acids is 1. The van der Waals surface area contributed by atoms with Crippen molar-refractivity contribution in [1.29, 1.82) is 0 Å². The number of carboxylic acids is 1. The summed E-state index contributed by atoms with van der Waals surface area (Å²) in [5.41, 5.74) is 2.17. The number of thiophene rings is 1. The van der Waals surface area contributed by atoms with E-state index < -0.39 is 5.97 Å². The summed E-state index contributed by atoms with van der Waals surface area (Å²) in [7, 11) is 0. The van der Waals surface area contributed by atoms with Gasteiger partial charge in [0.05, 0.1) is 22.0 Å². The molecule has 0 saturated heterocycles. The molecule has 3 heterocycles. The van der Waals surface area contributed by atoms with Crippen LogP contribution < -0.4 is 5.32 Å². The summed E-state index contributed by atoms with van der Waals surface area (Å²) in [4.78, 5) is 31.3. The first-order chi connectivity index (χ1) is 11.0. The number of nitrogens with zero attached hydrogens (tertiary/aromatic N) is 2. The van der Waals surface area contributed by atoms with Gasteiger partial charge in [-0.2, -0.15) is 0 Å². The van der Waals surface area contributed by atoms with Gasteiger partial charge in [-0.15, -0.1) is 22.7 Å². The first kappa shape index (κ1) is 15.9. The van der Waals surface area contributed by atoms with Gasteiger partial charge in [0.25, 0.3) is 0 Å². The molecule has 1 aliphatic rings. The number of carbonyl (C=O) groups is 2. The Morgan fingerprint density at radius 2 is 2.30 bits per heavy atom. The van der Waals surface area contributed by atoms with E-state index in [1.165, 1.54) is 4.88 Å². The molecule has 0 bridgehead atoms. The van der Waals surface area contributed by atoms with E-state index in [1.54, 1.807) is 27.6 Å². The number of fused-ring (bicyclic) bond motifs is 1. The molecular weight excluding hydrogens is 334 g/mol. The minimum atomic E-state index is -0.910. The summed E-state index contributed by atoms with van der Waals surface area (Å²) in [6, 6.07) is 1.92. The smallest absolute Gasteiger partial charge is 0.317 e. The van der Waals surface area contributed by atoms with E-state index >= 15 is 0 Å². The number of hydrogen-bond donors (Lipinski definition) is 2. The van der Waals surface area contributed by atoms with Crippen molar-refractivity contribution in [3.8, 4) is 10.6 Å². The number of aliphatic carboxylic acids is 1. The van der Waals surface area contributed by atoms with Crippen LogP contribution in [0.3, 0.4) is 0 Å². The zero-order chi connectivity index (χ0) is 16.4. The highest BCUT2D eigenvalue weighted by Gasteiger charge is 2.23. The highest BCUT2D eigenvalue weighted by molar-refractivity contribution is 7.16. The second-order valence-electron chi connectivity index (χ2n) is 5.36. The van der Waals surface area contributed by atoms with Crippen molar-refractivity contribution in [2.24, 2.45) is 0 Å². The van der Waals surface area contributed by atoms with Gasteiger partial charge in [0.1, 0.15) is 0 Å². The Labute approximate surface area is 141 Å². The molecule has 122 valence electrons. The molecule has 2 aromatic rings. The van der Waals surface area contributed by atoms with Crippen LogP contribution >= 0.6 is 22.7 Å². The average molecular weight is 351 g/mol. The summed E-state index contributed by atoms with van der Waals surface area (Å²) >= 11 is 3.38. The fraction of sp³-hybridized carbons (Fsp3) is 0.400. The largest absolute Gasteiger partial charge is 0.481 e. The zero-order valence-corrected chi connectivity index (χ0v) is 14.3. The maximum atomic E-state index is 12.1. The maximum Gasteiger partial charge on any atom is 0.317 e. The van der Waals surface area contributed by atoms with Crippen LogP contribution in [-0.4, -0.2) is 40.1 Å². The molecule has 0 aliphatic carbocycles. The summed E-state index contributed by atoms with van der Waals surface area (Å²) in [5.74, 6) is -0.910. The van der Waals surface area contributed by atoms with Gasteiger partial charge in [-0.05, 0) is 25.0 Å². The fourth-order valence-corrected chi connectivity index (χ4v) is 4.31. The van der Waals surface area contributed by atoms with Crippen LogP contribution in [0, 0.1) is 6.92 Å². The third-order valence-electron chi connectivity index (χ3n) is 3.64. The van der Waals surface area contributed by atoms with Crippen molar-refractivity contribution in [3.63, 3.8) is 0 Å². The predicted octanol–water partition coefficient (Wildman–Crippen LogP) is 2.72. The minimum Gasteiger partial charge on any atom is -0.481 e. The minimum absolute atomic E-state index is 0.0589. The summed E-state index contributed by atoms with van der Waals surface area (Å²) in [6.45, 7) is 3.37. The number of amides is 2. The normalized spacial score (nSPS) is 13.7. The van der Waals surface area contributed by atoms with Gasteiger partial charge in [0, 0.05) is 29.9 Å². The molecule has 0 unspecified atom stereocenters. The Balaban J connectivity index is 1.65. The maximum absolute atomic E-state index is 12.1. The number of rotatable bonds is 4. The number of aromatic nitrogens is 1. The predicted molar refractivity (Wildman–Crippen MR) is 89.9 cm³/mol. The summed E-state index contributed by atoms with van der Waals surface area (Å²) in [5, 5.41) is 14.4. The van der Waals surface area contributed by atoms with Gasteiger partial charge < -0.3 is 15.3 Å². The SMILES string of the molecule is Cc1nc(-c2cc3c(s2)CCN(C(=O)NCCC(=O)O)C3)cs1. The van der Waals surface area contributed by atoms with Gasteiger partial charge in [0.2, 0.25) is 0 Å². The van der Waals surface area contributed by atoms with Crippen LogP contribution in [0.25, 0.3) is 10.6 Å². The summed E-state index contributed by atoms with van der Waals surface area (Å²) < 4.78 is 0. The van der Waals surface area contributed by atoms with Crippen molar-refractivity contribution >= 4 is 34.7 Å². The average Bonchev–Trinajstić information content (AvgIpc) is 3.11. The van der Waals surface area contributed by atoms with Gasteiger partial charge in [-0.3, -0.25) is 4.79 Å². The number of carboxylic acid groups (broad SMARTS) is 1. The van der Waals surface area contributed by atoms with E-state index in [0.717, 1.165) is 27.6 Å². The molecule has 3 rings (SSSR count). The molecule has 6 nitrogen and oxygen atoms in total. The number of aryl methyl sites for hydroxylation is 1. The van der Waals surface area contributed by atoms with Crippen LogP contribution in [0.15, 0.2) is 11.4 Å². The van der Waals surface area contributed by atoms with E-state index in [4.69, 9.17) is 5.11 Å². The van der Waals surface area contributed by atoms with Gasteiger partial charge in [-0.1, -0.05) is 0 Å². The van der Waals surface area contributed by atoms with Crippen molar-refractivity contribution < 1.29 is 14.7 Å². The first-order valence-electron chi connectivity index (χ1n) is 7.31. The van der Waals surface area contributed by atoms with E-state index in [2.05, 4.69) is 21.7 Å². The third-order valence-corrected chi connectivity index (χ3v) is 5.67. The molecule has 2 N–H and O–H groups in total. The molecule has 2 amide bonds. The van der Waals surface area contributed by atoms with Crippen molar-refractivity contribution in [1.82, 2.24) is 15.2 Å². The van der Waals surface area contributed by atoms with Crippen LogP contribution in [0.1, 0.15) is 21.9 Å². The molecule has 0 atom stereocenters. The van der Waals surface area contributed by atoms with Crippen LogP contribution in [0.2, 0.25) is 0 Å². The lowest BCUT2D eigenvalue weighted by Crippen LogP contribution is -2.43. The molecule has 0 fully saturated rings. The van der Waals surface area contributed by atoms with E-state index in [1.807, 2.05) is 6.92 Å². The molecule has 1 aliphatic heterocycles.